The van der Waals surface area contributed by atoms with Crippen molar-refractivity contribution in [2.24, 2.45) is 0 Å². The average molecular weight is 474 g/mol. The van der Waals surface area contributed by atoms with Gasteiger partial charge >= 0.3 is 0 Å². The lowest BCUT2D eigenvalue weighted by Gasteiger charge is -2.12. The van der Waals surface area contributed by atoms with Crippen molar-refractivity contribution in [2.45, 2.75) is 6.42 Å². The van der Waals surface area contributed by atoms with E-state index >= 15 is 0 Å². The predicted molar refractivity (Wildman–Crippen MR) is 121 cm³/mol. The summed E-state index contributed by atoms with van der Waals surface area (Å²) >= 11 is 6.46. The Morgan fingerprint density at radius 1 is 1.03 bits per heavy atom. The van der Waals surface area contributed by atoms with Gasteiger partial charge in [0.1, 0.15) is 17.4 Å². The number of anilines is 1. The molecule has 2 heterocycles. The number of halogens is 3. The number of thiophene rings is 1. The van der Waals surface area contributed by atoms with E-state index in [1.165, 1.54) is 29.5 Å². The summed E-state index contributed by atoms with van der Waals surface area (Å²) in [6.07, 6.45) is 1.04. The van der Waals surface area contributed by atoms with Crippen molar-refractivity contribution < 1.29 is 22.7 Å². The average Bonchev–Trinajstić information content (AvgIpc) is 3.22. The molecule has 0 fully saturated rings. The monoisotopic (exact) mass is 473 g/mol. The van der Waals surface area contributed by atoms with Gasteiger partial charge in [-0.25, -0.2) is 13.2 Å². The second-order valence-electron chi connectivity index (χ2n) is 6.57. The highest BCUT2D eigenvalue weighted by atomic mass is 32.1. The molecule has 162 valence electrons. The third kappa shape index (κ3) is 4.87. The Kier molecular flexibility index (Phi) is 6.33. The molecule has 0 radical (unpaired) electrons. The molecule has 0 spiro atoms. The Labute approximate surface area is 189 Å². The van der Waals surface area contributed by atoms with Gasteiger partial charge in [0.15, 0.2) is 16.7 Å². The zero-order valence-corrected chi connectivity index (χ0v) is 17.8. The molecule has 0 atom stereocenters. The van der Waals surface area contributed by atoms with Gasteiger partial charge in [-0.05, 0) is 47.9 Å². The highest BCUT2D eigenvalue weighted by Gasteiger charge is 2.15. The number of hydrogen-bond acceptors (Lipinski definition) is 5. The van der Waals surface area contributed by atoms with Crippen LogP contribution in [0.2, 0.25) is 0 Å². The summed E-state index contributed by atoms with van der Waals surface area (Å²) in [5, 5.41) is 6.69. The number of benzene rings is 2. The van der Waals surface area contributed by atoms with E-state index in [-0.39, 0.29) is 22.1 Å². The number of carbonyl (C=O) groups excluding carboxylic acids is 1. The Hall–Kier alpha value is -3.50. The minimum absolute atomic E-state index is 0.00133. The number of nitrogens with zero attached hydrogens (tertiary/aromatic N) is 1. The summed E-state index contributed by atoms with van der Waals surface area (Å²) in [6.45, 7) is 0. The number of fused-ring (bicyclic) bond motifs is 1. The van der Waals surface area contributed by atoms with E-state index in [9.17, 15) is 18.0 Å². The fraction of sp³-hybridized carbons (Fsp3) is 0.0455. The largest absolute Gasteiger partial charge is 0.453 e. The number of thiocarbonyl (C=S) groups is 1. The highest BCUT2D eigenvalue weighted by Crippen LogP contribution is 2.34. The van der Waals surface area contributed by atoms with Crippen LogP contribution in [0.5, 0.6) is 11.5 Å². The van der Waals surface area contributed by atoms with Crippen molar-refractivity contribution in [1.82, 2.24) is 10.3 Å². The molecule has 4 aromatic rings. The number of rotatable bonds is 5. The van der Waals surface area contributed by atoms with Gasteiger partial charge in [-0.2, -0.15) is 0 Å². The summed E-state index contributed by atoms with van der Waals surface area (Å²) < 4.78 is 48.4. The van der Waals surface area contributed by atoms with Crippen LogP contribution >= 0.6 is 23.6 Å². The molecule has 5 nitrogen and oxygen atoms in total. The van der Waals surface area contributed by atoms with Crippen LogP contribution in [0.1, 0.15) is 5.56 Å². The smallest absolute Gasteiger partial charge is 0.230 e. The molecular formula is C22H14F3N3O2S2. The Morgan fingerprint density at radius 2 is 1.81 bits per heavy atom. The van der Waals surface area contributed by atoms with Crippen LogP contribution in [0, 0.1) is 17.5 Å². The first kappa shape index (κ1) is 21.7. The molecule has 0 saturated heterocycles. The van der Waals surface area contributed by atoms with Crippen molar-refractivity contribution in [3.63, 3.8) is 0 Å². The van der Waals surface area contributed by atoms with Gasteiger partial charge in [-0.15, -0.1) is 11.3 Å². The molecule has 2 aromatic heterocycles. The van der Waals surface area contributed by atoms with Gasteiger partial charge in [0.2, 0.25) is 5.91 Å². The zero-order valence-electron chi connectivity index (χ0n) is 16.2. The first-order valence-electron chi connectivity index (χ1n) is 9.24. The van der Waals surface area contributed by atoms with Gasteiger partial charge in [0.05, 0.1) is 16.6 Å². The lowest BCUT2D eigenvalue weighted by Crippen LogP contribution is -2.35. The Bertz CT molecular complexity index is 1310. The van der Waals surface area contributed by atoms with E-state index in [1.54, 1.807) is 12.3 Å². The molecule has 10 heteroatoms. The molecule has 0 aliphatic heterocycles. The Balaban J connectivity index is 1.39. The number of carbonyl (C=O) groups is 1. The molecule has 0 unspecified atom stereocenters. The molecule has 0 saturated carbocycles. The molecule has 0 bridgehead atoms. The third-order valence-electron chi connectivity index (χ3n) is 4.37. The van der Waals surface area contributed by atoms with E-state index in [1.807, 2.05) is 11.4 Å². The van der Waals surface area contributed by atoms with E-state index in [4.69, 9.17) is 17.0 Å². The summed E-state index contributed by atoms with van der Waals surface area (Å²) in [5.41, 5.74) is 0.645. The Morgan fingerprint density at radius 3 is 2.56 bits per heavy atom. The standard InChI is InChI=1S/C22H14F3N3O2S2/c23-14-2-1-3-15(24)13(14)11-20(29)28-22(31)27-12-4-5-18(16(25)10-12)30-19-6-8-26-17-7-9-32-21(17)19/h1-10H,11H2,(H2,27,28,29,31). The molecule has 0 aliphatic carbocycles. The van der Waals surface area contributed by atoms with Gasteiger partial charge < -0.3 is 15.4 Å². The number of pyridine rings is 1. The van der Waals surface area contributed by atoms with Crippen LogP contribution in [-0.4, -0.2) is 16.0 Å². The maximum atomic E-state index is 14.6. The maximum Gasteiger partial charge on any atom is 0.230 e. The van der Waals surface area contributed by atoms with E-state index in [0.717, 1.165) is 28.4 Å². The van der Waals surface area contributed by atoms with Crippen molar-refractivity contribution in [3.05, 3.63) is 83.1 Å². The fourth-order valence-corrected chi connectivity index (χ4v) is 3.94. The maximum absolute atomic E-state index is 14.6. The second kappa shape index (κ2) is 9.33. The molecule has 4 rings (SSSR count). The van der Waals surface area contributed by atoms with Crippen molar-refractivity contribution >= 4 is 50.5 Å². The third-order valence-corrected chi connectivity index (χ3v) is 5.49. The highest BCUT2D eigenvalue weighted by molar-refractivity contribution is 7.80. The topological polar surface area (TPSA) is 63.2 Å². The van der Waals surface area contributed by atoms with Crippen LogP contribution < -0.4 is 15.4 Å². The minimum atomic E-state index is -0.828. The molecule has 1 amide bonds. The minimum Gasteiger partial charge on any atom is -0.453 e. The van der Waals surface area contributed by atoms with E-state index in [0.29, 0.717) is 5.75 Å². The molecule has 32 heavy (non-hydrogen) atoms. The van der Waals surface area contributed by atoms with Crippen molar-refractivity contribution in [1.29, 1.82) is 0 Å². The number of hydrogen-bond donors (Lipinski definition) is 2. The summed E-state index contributed by atoms with van der Waals surface area (Å²) in [5.74, 6) is -2.55. The molecule has 2 N–H and O–H groups in total. The normalized spacial score (nSPS) is 10.7. The first-order chi connectivity index (χ1) is 15.4. The lowest BCUT2D eigenvalue weighted by atomic mass is 10.1. The van der Waals surface area contributed by atoms with Crippen LogP contribution in [0.25, 0.3) is 10.2 Å². The number of nitrogens with one attached hydrogen (secondary N) is 2. The van der Waals surface area contributed by atoms with Crippen LogP contribution in [-0.2, 0) is 11.2 Å². The van der Waals surface area contributed by atoms with Crippen molar-refractivity contribution in [2.75, 3.05) is 5.32 Å². The summed E-state index contributed by atoms with van der Waals surface area (Å²) in [7, 11) is 0. The quantitative estimate of drug-likeness (QED) is 0.372. The van der Waals surface area contributed by atoms with Gasteiger partial charge in [0.25, 0.3) is 0 Å². The first-order valence-corrected chi connectivity index (χ1v) is 10.5. The van der Waals surface area contributed by atoms with Crippen LogP contribution in [0.4, 0.5) is 18.9 Å². The van der Waals surface area contributed by atoms with Crippen LogP contribution in [0.3, 0.4) is 0 Å². The SMILES string of the molecule is O=C(Cc1c(F)cccc1F)NC(=S)Nc1ccc(Oc2ccnc3ccsc23)c(F)c1. The number of ether oxygens (including phenoxy) is 1. The lowest BCUT2D eigenvalue weighted by molar-refractivity contribution is -0.119. The summed E-state index contributed by atoms with van der Waals surface area (Å²) in [6, 6.07) is 10.9. The predicted octanol–water partition coefficient (Wildman–Crippen LogP) is 5.56. The van der Waals surface area contributed by atoms with Crippen molar-refractivity contribution in [3.8, 4) is 11.5 Å². The van der Waals surface area contributed by atoms with Gasteiger partial charge in [0, 0.05) is 29.6 Å². The van der Waals surface area contributed by atoms with E-state index in [2.05, 4.69) is 15.6 Å². The van der Waals surface area contributed by atoms with Crippen LogP contribution in [0.15, 0.2) is 60.1 Å². The molecule has 0 aliphatic rings. The van der Waals surface area contributed by atoms with Gasteiger partial charge in [-0.3, -0.25) is 9.78 Å². The molecule has 2 aromatic carbocycles. The zero-order chi connectivity index (χ0) is 22.7. The molecular weight excluding hydrogens is 459 g/mol. The van der Waals surface area contributed by atoms with Gasteiger partial charge in [-0.1, -0.05) is 6.07 Å². The number of aromatic nitrogens is 1. The fourth-order valence-electron chi connectivity index (χ4n) is 2.90. The number of amides is 1. The summed E-state index contributed by atoms with van der Waals surface area (Å²) in [4.78, 5) is 16.3. The second-order valence-corrected chi connectivity index (χ2v) is 7.89. The van der Waals surface area contributed by atoms with E-state index < -0.39 is 29.8 Å².